The van der Waals surface area contributed by atoms with Crippen LogP contribution >= 0.6 is 27.7 Å². The van der Waals surface area contributed by atoms with Gasteiger partial charge in [0.25, 0.3) is 0 Å². The molecule has 1 fully saturated rings. The van der Waals surface area contributed by atoms with E-state index in [-0.39, 0.29) is 0 Å². The van der Waals surface area contributed by atoms with E-state index in [0.717, 1.165) is 16.2 Å². The van der Waals surface area contributed by atoms with Crippen molar-refractivity contribution >= 4 is 33.4 Å². The fourth-order valence-corrected chi connectivity index (χ4v) is 3.28. The monoisotopic (exact) mass is 275 g/mol. The molecule has 3 nitrogen and oxygen atoms in total. The molecular weight excluding hydrogens is 262 g/mol. The third-order valence-corrected chi connectivity index (χ3v) is 4.87. The SMILES string of the molecule is CC1CSCC1Nc1cnn(C)c1Br. The molecule has 1 aliphatic rings. The number of aryl methyl sites for hydroxylation is 1. The van der Waals surface area contributed by atoms with Gasteiger partial charge in [0.1, 0.15) is 4.60 Å². The number of aromatic nitrogens is 2. The van der Waals surface area contributed by atoms with Crippen molar-refractivity contribution in [2.45, 2.75) is 13.0 Å². The summed E-state index contributed by atoms with van der Waals surface area (Å²) < 4.78 is 2.86. The molecule has 0 radical (unpaired) electrons. The Hall–Kier alpha value is -0.160. The number of anilines is 1. The molecule has 2 rings (SSSR count). The van der Waals surface area contributed by atoms with Gasteiger partial charge in [-0.15, -0.1) is 0 Å². The second-order valence-electron chi connectivity index (χ2n) is 3.74. The molecule has 1 aromatic rings. The number of nitrogens with one attached hydrogen (secondary N) is 1. The molecular formula is C9H14BrN3S. The van der Waals surface area contributed by atoms with Crippen molar-refractivity contribution in [2.24, 2.45) is 13.0 Å². The van der Waals surface area contributed by atoms with E-state index in [1.54, 1.807) is 0 Å². The molecule has 1 saturated heterocycles. The lowest BCUT2D eigenvalue weighted by Gasteiger charge is -2.16. The van der Waals surface area contributed by atoms with Crippen molar-refractivity contribution in [2.75, 3.05) is 16.8 Å². The molecule has 0 amide bonds. The van der Waals surface area contributed by atoms with Crippen molar-refractivity contribution in [3.8, 4) is 0 Å². The van der Waals surface area contributed by atoms with Crippen molar-refractivity contribution in [1.29, 1.82) is 0 Å². The van der Waals surface area contributed by atoms with E-state index >= 15 is 0 Å². The zero-order valence-electron chi connectivity index (χ0n) is 8.33. The molecule has 1 aliphatic heterocycles. The third kappa shape index (κ3) is 1.93. The van der Waals surface area contributed by atoms with Crippen LogP contribution in [0.5, 0.6) is 0 Å². The Balaban J connectivity index is 2.07. The second kappa shape index (κ2) is 4.14. The smallest absolute Gasteiger partial charge is 0.126 e. The summed E-state index contributed by atoms with van der Waals surface area (Å²) in [5, 5.41) is 7.71. The zero-order chi connectivity index (χ0) is 10.1. The fraction of sp³-hybridized carbons (Fsp3) is 0.667. The van der Waals surface area contributed by atoms with Crippen LogP contribution in [0.15, 0.2) is 10.8 Å². The predicted molar refractivity (Wildman–Crippen MR) is 64.8 cm³/mol. The summed E-state index contributed by atoms with van der Waals surface area (Å²) >= 11 is 5.53. The maximum absolute atomic E-state index is 4.18. The zero-order valence-corrected chi connectivity index (χ0v) is 10.7. The standard InChI is InChI=1S/C9H14BrN3S/c1-6-4-14-5-8(6)12-7-3-11-13(2)9(7)10/h3,6,8,12H,4-5H2,1-2H3. The number of rotatable bonds is 2. The van der Waals surface area contributed by atoms with Crippen LogP contribution in [0.1, 0.15) is 6.92 Å². The maximum atomic E-state index is 4.18. The fourth-order valence-electron chi connectivity index (χ4n) is 1.56. The van der Waals surface area contributed by atoms with Crippen molar-refractivity contribution in [3.63, 3.8) is 0 Å². The van der Waals surface area contributed by atoms with Crippen molar-refractivity contribution < 1.29 is 0 Å². The molecule has 0 aromatic carbocycles. The lowest BCUT2D eigenvalue weighted by atomic mass is 10.1. The molecule has 2 heterocycles. The van der Waals surface area contributed by atoms with Gasteiger partial charge in [0.2, 0.25) is 0 Å². The van der Waals surface area contributed by atoms with Gasteiger partial charge in [-0.1, -0.05) is 6.92 Å². The maximum Gasteiger partial charge on any atom is 0.126 e. The Morgan fingerprint density at radius 1 is 1.64 bits per heavy atom. The van der Waals surface area contributed by atoms with Crippen LogP contribution in [0.3, 0.4) is 0 Å². The van der Waals surface area contributed by atoms with Gasteiger partial charge in [0.05, 0.1) is 11.9 Å². The van der Waals surface area contributed by atoms with E-state index in [9.17, 15) is 0 Å². The molecule has 0 aliphatic carbocycles. The van der Waals surface area contributed by atoms with Crippen LogP contribution in [-0.2, 0) is 7.05 Å². The van der Waals surface area contributed by atoms with Crippen LogP contribution in [0, 0.1) is 5.92 Å². The Bertz CT molecular complexity index is 326. The van der Waals surface area contributed by atoms with E-state index in [1.807, 2.05) is 29.7 Å². The highest BCUT2D eigenvalue weighted by atomic mass is 79.9. The third-order valence-electron chi connectivity index (χ3n) is 2.57. The number of hydrogen-bond acceptors (Lipinski definition) is 3. The number of halogens is 1. The van der Waals surface area contributed by atoms with Crippen LogP contribution in [0.2, 0.25) is 0 Å². The highest BCUT2D eigenvalue weighted by Gasteiger charge is 2.24. The first-order chi connectivity index (χ1) is 6.68. The lowest BCUT2D eigenvalue weighted by molar-refractivity contribution is 0.599. The topological polar surface area (TPSA) is 29.9 Å². The lowest BCUT2D eigenvalue weighted by Crippen LogP contribution is -2.25. The molecule has 1 aromatic heterocycles. The Morgan fingerprint density at radius 2 is 2.43 bits per heavy atom. The molecule has 2 atom stereocenters. The van der Waals surface area contributed by atoms with Gasteiger partial charge < -0.3 is 5.32 Å². The van der Waals surface area contributed by atoms with Gasteiger partial charge in [-0.25, -0.2) is 0 Å². The molecule has 5 heteroatoms. The highest BCUT2D eigenvalue weighted by Crippen LogP contribution is 2.29. The van der Waals surface area contributed by atoms with Gasteiger partial charge in [0, 0.05) is 18.8 Å². The summed E-state index contributed by atoms with van der Waals surface area (Å²) in [6.45, 7) is 2.29. The van der Waals surface area contributed by atoms with E-state index in [0.29, 0.717) is 6.04 Å². The summed E-state index contributed by atoms with van der Waals surface area (Å²) in [5.41, 5.74) is 1.10. The Morgan fingerprint density at radius 3 is 2.93 bits per heavy atom. The minimum absolute atomic E-state index is 0.584. The Kier molecular flexibility index (Phi) is 3.07. The first-order valence-electron chi connectivity index (χ1n) is 4.70. The largest absolute Gasteiger partial charge is 0.378 e. The van der Waals surface area contributed by atoms with Gasteiger partial charge in [0.15, 0.2) is 0 Å². The highest BCUT2D eigenvalue weighted by molar-refractivity contribution is 9.10. The first-order valence-corrected chi connectivity index (χ1v) is 6.65. The predicted octanol–water partition coefficient (Wildman–Crippen LogP) is 2.35. The van der Waals surface area contributed by atoms with Crippen LogP contribution < -0.4 is 5.32 Å². The summed E-state index contributed by atoms with van der Waals surface area (Å²) in [4.78, 5) is 0. The normalized spacial score (nSPS) is 26.8. The van der Waals surface area contributed by atoms with Crippen LogP contribution in [0.25, 0.3) is 0 Å². The van der Waals surface area contributed by atoms with Crippen molar-refractivity contribution in [1.82, 2.24) is 9.78 Å². The van der Waals surface area contributed by atoms with Crippen LogP contribution in [0.4, 0.5) is 5.69 Å². The molecule has 1 N–H and O–H groups in total. The average molecular weight is 276 g/mol. The van der Waals surface area contributed by atoms with E-state index in [4.69, 9.17) is 0 Å². The van der Waals surface area contributed by atoms with Gasteiger partial charge in [-0.05, 0) is 27.6 Å². The van der Waals surface area contributed by atoms with E-state index in [1.165, 1.54) is 11.5 Å². The van der Waals surface area contributed by atoms with Crippen LogP contribution in [-0.4, -0.2) is 27.3 Å². The summed E-state index contributed by atoms with van der Waals surface area (Å²) in [6, 6.07) is 0.584. The summed E-state index contributed by atoms with van der Waals surface area (Å²) in [5.74, 6) is 3.20. The Labute approximate surface area is 96.8 Å². The quantitative estimate of drug-likeness (QED) is 0.899. The van der Waals surface area contributed by atoms with Gasteiger partial charge >= 0.3 is 0 Å². The van der Waals surface area contributed by atoms with Crippen molar-refractivity contribution in [3.05, 3.63) is 10.8 Å². The summed E-state index contributed by atoms with van der Waals surface area (Å²) in [7, 11) is 1.93. The average Bonchev–Trinajstić information content (AvgIpc) is 2.68. The first kappa shape index (κ1) is 10.4. The minimum atomic E-state index is 0.584. The minimum Gasteiger partial charge on any atom is -0.378 e. The number of nitrogens with zero attached hydrogens (tertiary/aromatic N) is 2. The molecule has 0 bridgehead atoms. The molecule has 0 saturated carbocycles. The van der Waals surface area contributed by atoms with E-state index < -0.39 is 0 Å². The number of thioether (sulfide) groups is 1. The number of hydrogen-bond donors (Lipinski definition) is 1. The second-order valence-corrected chi connectivity index (χ2v) is 5.56. The molecule has 2 unspecified atom stereocenters. The molecule has 14 heavy (non-hydrogen) atoms. The van der Waals surface area contributed by atoms with Gasteiger partial charge in [-0.2, -0.15) is 16.9 Å². The molecule has 0 spiro atoms. The summed E-state index contributed by atoms with van der Waals surface area (Å²) in [6.07, 6.45) is 1.87. The van der Waals surface area contributed by atoms with E-state index in [2.05, 4.69) is 33.3 Å². The van der Waals surface area contributed by atoms with Gasteiger partial charge in [-0.3, -0.25) is 4.68 Å². The molecule has 78 valence electrons.